The van der Waals surface area contributed by atoms with E-state index in [2.05, 4.69) is 31.0 Å². The third-order valence-electron chi connectivity index (χ3n) is 3.96. The summed E-state index contributed by atoms with van der Waals surface area (Å²) in [5, 5.41) is 12.8. The molecule has 108 valence electrons. The van der Waals surface area contributed by atoms with Gasteiger partial charge >= 0.3 is 0 Å². The Morgan fingerprint density at radius 1 is 1.39 bits per heavy atom. The van der Waals surface area contributed by atoms with Crippen LogP contribution in [0.3, 0.4) is 0 Å². The first-order chi connectivity index (χ1) is 8.72. The number of nitrogens with zero attached hydrogens (tertiary/aromatic N) is 1. The van der Waals surface area contributed by atoms with Gasteiger partial charge in [-0.25, -0.2) is 0 Å². The van der Waals surface area contributed by atoms with Crippen molar-refractivity contribution in [2.75, 3.05) is 32.9 Å². The van der Waals surface area contributed by atoms with Gasteiger partial charge in [-0.15, -0.1) is 0 Å². The molecule has 18 heavy (non-hydrogen) atoms. The predicted molar refractivity (Wildman–Crippen MR) is 74.9 cm³/mol. The molecule has 2 atom stereocenters. The van der Waals surface area contributed by atoms with Crippen LogP contribution in [-0.2, 0) is 4.74 Å². The van der Waals surface area contributed by atoms with E-state index in [0.717, 1.165) is 45.6 Å². The van der Waals surface area contributed by atoms with Crippen molar-refractivity contribution in [1.82, 2.24) is 10.2 Å². The maximum atomic E-state index is 9.25. The summed E-state index contributed by atoms with van der Waals surface area (Å²) in [5.41, 5.74) is 0. The molecule has 1 heterocycles. The van der Waals surface area contributed by atoms with Crippen molar-refractivity contribution < 1.29 is 9.84 Å². The van der Waals surface area contributed by atoms with Crippen LogP contribution in [0.25, 0.3) is 0 Å². The Balaban J connectivity index is 2.48. The number of aliphatic hydroxyl groups is 1. The minimum Gasteiger partial charge on any atom is -0.395 e. The van der Waals surface area contributed by atoms with E-state index in [1.165, 1.54) is 0 Å². The summed E-state index contributed by atoms with van der Waals surface area (Å²) < 4.78 is 5.51. The molecule has 0 amide bonds. The van der Waals surface area contributed by atoms with Crippen LogP contribution in [0.4, 0.5) is 0 Å². The first-order valence-electron chi connectivity index (χ1n) is 7.40. The number of ether oxygens (including phenoxy) is 1. The Kier molecular flexibility index (Phi) is 7.82. The standard InChI is InChI=1S/C14H30N2O2/c1-4-14(5-2)16(7-8-17)12(3)10-13-11-18-9-6-15-13/h12-15,17H,4-11H2,1-3H3. The molecular formula is C14H30N2O2. The van der Waals surface area contributed by atoms with Crippen LogP contribution in [0.2, 0.25) is 0 Å². The zero-order valence-corrected chi connectivity index (χ0v) is 12.2. The van der Waals surface area contributed by atoms with Gasteiger partial charge in [-0.3, -0.25) is 4.90 Å². The first-order valence-corrected chi connectivity index (χ1v) is 7.40. The van der Waals surface area contributed by atoms with Gasteiger partial charge in [0.2, 0.25) is 0 Å². The van der Waals surface area contributed by atoms with E-state index in [0.29, 0.717) is 18.1 Å². The lowest BCUT2D eigenvalue weighted by atomic mass is 10.0. The molecule has 1 saturated heterocycles. The van der Waals surface area contributed by atoms with Crippen molar-refractivity contribution in [3.63, 3.8) is 0 Å². The summed E-state index contributed by atoms with van der Waals surface area (Å²) in [7, 11) is 0. The van der Waals surface area contributed by atoms with E-state index >= 15 is 0 Å². The molecular weight excluding hydrogens is 228 g/mol. The fourth-order valence-corrected chi connectivity index (χ4v) is 2.95. The smallest absolute Gasteiger partial charge is 0.0620 e. The number of aliphatic hydroxyl groups excluding tert-OH is 1. The van der Waals surface area contributed by atoms with Crippen molar-refractivity contribution in [2.45, 2.75) is 58.2 Å². The second kappa shape index (κ2) is 8.86. The zero-order valence-electron chi connectivity index (χ0n) is 12.2. The van der Waals surface area contributed by atoms with Gasteiger partial charge in [0, 0.05) is 31.2 Å². The highest BCUT2D eigenvalue weighted by Crippen LogP contribution is 2.16. The average Bonchev–Trinajstić information content (AvgIpc) is 2.40. The molecule has 4 heteroatoms. The van der Waals surface area contributed by atoms with Crippen molar-refractivity contribution >= 4 is 0 Å². The molecule has 0 aromatic rings. The minimum atomic E-state index is 0.245. The van der Waals surface area contributed by atoms with Crippen LogP contribution in [0, 0.1) is 0 Å². The number of morpholine rings is 1. The minimum absolute atomic E-state index is 0.245. The Hall–Kier alpha value is -0.160. The molecule has 1 aliphatic rings. The summed E-state index contributed by atoms with van der Waals surface area (Å²) in [6.07, 6.45) is 3.39. The van der Waals surface area contributed by atoms with Gasteiger partial charge in [0.25, 0.3) is 0 Å². The number of hydrogen-bond acceptors (Lipinski definition) is 4. The molecule has 4 nitrogen and oxygen atoms in total. The molecule has 1 aliphatic heterocycles. The Morgan fingerprint density at radius 3 is 2.61 bits per heavy atom. The lowest BCUT2D eigenvalue weighted by Crippen LogP contribution is -2.49. The van der Waals surface area contributed by atoms with E-state index in [4.69, 9.17) is 4.74 Å². The third kappa shape index (κ3) is 4.84. The number of hydrogen-bond donors (Lipinski definition) is 2. The topological polar surface area (TPSA) is 44.7 Å². The second-order valence-electron chi connectivity index (χ2n) is 5.24. The molecule has 0 bridgehead atoms. The van der Waals surface area contributed by atoms with Gasteiger partial charge in [-0.1, -0.05) is 13.8 Å². The average molecular weight is 258 g/mol. The van der Waals surface area contributed by atoms with E-state index < -0.39 is 0 Å². The molecule has 2 N–H and O–H groups in total. The number of nitrogens with one attached hydrogen (secondary N) is 1. The van der Waals surface area contributed by atoms with E-state index in [1.807, 2.05) is 0 Å². The Morgan fingerprint density at radius 2 is 2.11 bits per heavy atom. The van der Waals surface area contributed by atoms with E-state index in [9.17, 15) is 5.11 Å². The maximum Gasteiger partial charge on any atom is 0.0620 e. The molecule has 0 aliphatic carbocycles. The van der Waals surface area contributed by atoms with E-state index in [-0.39, 0.29) is 6.61 Å². The monoisotopic (exact) mass is 258 g/mol. The maximum absolute atomic E-state index is 9.25. The van der Waals surface area contributed by atoms with Crippen LogP contribution in [0.15, 0.2) is 0 Å². The van der Waals surface area contributed by atoms with Gasteiger partial charge in [0.1, 0.15) is 0 Å². The summed E-state index contributed by atoms with van der Waals surface area (Å²) in [6, 6.07) is 1.53. The SMILES string of the molecule is CCC(CC)N(CCO)C(C)CC1COCCN1. The quantitative estimate of drug-likeness (QED) is 0.687. The highest BCUT2D eigenvalue weighted by atomic mass is 16.5. The van der Waals surface area contributed by atoms with Crippen LogP contribution in [0.1, 0.15) is 40.0 Å². The van der Waals surface area contributed by atoms with Crippen LogP contribution >= 0.6 is 0 Å². The van der Waals surface area contributed by atoms with Crippen molar-refractivity contribution in [1.29, 1.82) is 0 Å². The number of rotatable bonds is 8. The normalized spacial score (nSPS) is 22.7. The molecule has 1 rings (SSSR count). The molecule has 1 fully saturated rings. The first kappa shape index (κ1) is 15.9. The molecule has 0 aromatic carbocycles. The predicted octanol–water partition coefficient (Wildman–Crippen LogP) is 1.24. The van der Waals surface area contributed by atoms with Crippen molar-refractivity contribution in [3.05, 3.63) is 0 Å². The van der Waals surface area contributed by atoms with Gasteiger partial charge in [0.15, 0.2) is 0 Å². The third-order valence-corrected chi connectivity index (χ3v) is 3.96. The van der Waals surface area contributed by atoms with Gasteiger partial charge in [-0.05, 0) is 26.2 Å². The van der Waals surface area contributed by atoms with Crippen LogP contribution in [0.5, 0.6) is 0 Å². The molecule has 0 aromatic heterocycles. The molecule has 0 saturated carbocycles. The second-order valence-corrected chi connectivity index (χ2v) is 5.24. The van der Waals surface area contributed by atoms with Crippen molar-refractivity contribution in [2.24, 2.45) is 0 Å². The van der Waals surface area contributed by atoms with Crippen molar-refractivity contribution in [3.8, 4) is 0 Å². The Bertz CT molecular complexity index is 204. The summed E-state index contributed by atoms with van der Waals surface area (Å²) >= 11 is 0. The van der Waals surface area contributed by atoms with Gasteiger partial charge in [-0.2, -0.15) is 0 Å². The molecule has 2 unspecified atom stereocenters. The summed E-state index contributed by atoms with van der Waals surface area (Å²) in [4.78, 5) is 2.45. The van der Waals surface area contributed by atoms with Gasteiger partial charge < -0.3 is 15.2 Å². The highest BCUT2D eigenvalue weighted by Gasteiger charge is 2.24. The summed E-state index contributed by atoms with van der Waals surface area (Å²) in [6.45, 7) is 10.4. The molecule has 0 spiro atoms. The van der Waals surface area contributed by atoms with E-state index in [1.54, 1.807) is 0 Å². The van der Waals surface area contributed by atoms with Crippen LogP contribution < -0.4 is 5.32 Å². The zero-order chi connectivity index (χ0) is 13.4. The fourth-order valence-electron chi connectivity index (χ4n) is 2.95. The largest absolute Gasteiger partial charge is 0.395 e. The Labute approximate surface area is 112 Å². The molecule has 0 radical (unpaired) electrons. The van der Waals surface area contributed by atoms with Crippen LogP contribution in [-0.4, -0.2) is 61.0 Å². The lowest BCUT2D eigenvalue weighted by Gasteiger charge is -2.37. The fraction of sp³-hybridized carbons (Fsp3) is 1.00. The van der Waals surface area contributed by atoms with Gasteiger partial charge in [0.05, 0.1) is 19.8 Å². The highest BCUT2D eigenvalue weighted by molar-refractivity contribution is 4.81. The summed E-state index contributed by atoms with van der Waals surface area (Å²) in [5.74, 6) is 0. The lowest BCUT2D eigenvalue weighted by molar-refractivity contribution is 0.0484.